The van der Waals surface area contributed by atoms with E-state index >= 15 is 0 Å². The number of nitrogens with two attached hydrogens (primary N) is 1. The van der Waals surface area contributed by atoms with Crippen LogP contribution in [0.2, 0.25) is 5.15 Å². The van der Waals surface area contributed by atoms with Gasteiger partial charge in [-0.05, 0) is 6.07 Å². The van der Waals surface area contributed by atoms with E-state index < -0.39 is 5.91 Å². The van der Waals surface area contributed by atoms with Crippen molar-refractivity contribution in [2.24, 2.45) is 0 Å². The molecule has 0 fully saturated rings. The number of hydroxylamine groups is 1. The van der Waals surface area contributed by atoms with Crippen LogP contribution in [0.15, 0.2) is 22.9 Å². The van der Waals surface area contributed by atoms with Crippen LogP contribution >= 0.6 is 11.6 Å². The SMILES string of the molecule is Nc1nc(Cl)c2ccn(Cc3nc(C(=O)NO)co3)c2n1. The minimum absolute atomic E-state index is 0.0314. The van der Waals surface area contributed by atoms with E-state index in [1.54, 1.807) is 16.8 Å². The molecule has 3 aromatic rings. The monoisotopic (exact) mass is 308 g/mol. The molecule has 0 atom stereocenters. The molecule has 1 amide bonds. The average molecular weight is 309 g/mol. The van der Waals surface area contributed by atoms with Crippen molar-refractivity contribution in [3.63, 3.8) is 0 Å². The normalized spacial score (nSPS) is 11.0. The van der Waals surface area contributed by atoms with E-state index in [2.05, 4.69) is 15.0 Å². The van der Waals surface area contributed by atoms with Crippen molar-refractivity contribution in [3.05, 3.63) is 35.3 Å². The first-order valence-corrected chi connectivity index (χ1v) is 6.13. The third kappa shape index (κ3) is 2.39. The summed E-state index contributed by atoms with van der Waals surface area (Å²) in [5.41, 5.74) is 7.54. The summed E-state index contributed by atoms with van der Waals surface area (Å²) in [7, 11) is 0. The van der Waals surface area contributed by atoms with E-state index in [1.807, 2.05) is 0 Å². The van der Waals surface area contributed by atoms with Crippen LogP contribution in [0.25, 0.3) is 11.0 Å². The third-order valence-electron chi connectivity index (χ3n) is 2.78. The van der Waals surface area contributed by atoms with Gasteiger partial charge >= 0.3 is 0 Å². The summed E-state index contributed by atoms with van der Waals surface area (Å²) in [6.45, 7) is 0.217. The van der Waals surface area contributed by atoms with Crippen LogP contribution in [0.1, 0.15) is 16.4 Å². The van der Waals surface area contributed by atoms with Crippen molar-refractivity contribution in [3.8, 4) is 0 Å². The molecule has 3 rings (SSSR count). The molecule has 0 aliphatic carbocycles. The second kappa shape index (κ2) is 5.04. The van der Waals surface area contributed by atoms with Crippen LogP contribution in [0.4, 0.5) is 5.95 Å². The summed E-state index contributed by atoms with van der Waals surface area (Å²) in [6, 6.07) is 1.74. The molecule has 0 radical (unpaired) electrons. The molecule has 0 spiro atoms. The van der Waals surface area contributed by atoms with Gasteiger partial charge in [-0.3, -0.25) is 10.0 Å². The van der Waals surface area contributed by atoms with Crippen LogP contribution in [0.3, 0.4) is 0 Å². The van der Waals surface area contributed by atoms with Crippen molar-refractivity contribution < 1.29 is 14.4 Å². The molecule has 108 valence electrons. The lowest BCUT2D eigenvalue weighted by Gasteiger charge is -2.02. The number of nitrogens with zero attached hydrogens (tertiary/aromatic N) is 4. The van der Waals surface area contributed by atoms with Crippen LogP contribution in [0, 0.1) is 0 Å². The standard InChI is InChI=1S/C11H9ClN6O3/c12-8-5-1-2-18(9(5)16-11(13)15-8)3-7-14-6(4-21-7)10(19)17-20/h1-2,4,20H,3H2,(H,17,19)(H2,13,15,16). The van der Waals surface area contributed by atoms with Crippen LogP contribution < -0.4 is 11.2 Å². The lowest BCUT2D eigenvalue weighted by molar-refractivity contribution is 0.0700. The predicted octanol–water partition coefficient (Wildman–Crippen LogP) is 0.822. The zero-order valence-electron chi connectivity index (χ0n) is 10.4. The molecule has 10 heteroatoms. The summed E-state index contributed by atoms with van der Waals surface area (Å²) in [5, 5.41) is 9.42. The Hall–Kier alpha value is -2.65. The molecule has 0 bridgehead atoms. The molecule has 0 saturated heterocycles. The Bertz CT molecular complexity index is 827. The molecule has 0 aliphatic heterocycles. The predicted molar refractivity (Wildman–Crippen MR) is 71.8 cm³/mol. The Kier molecular flexibility index (Phi) is 3.20. The number of rotatable bonds is 3. The van der Waals surface area contributed by atoms with Crippen molar-refractivity contribution in [2.75, 3.05) is 5.73 Å². The number of anilines is 1. The molecule has 4 N–H and O–H groups in total. The second-order valence-corrected chi connectivity index (χ2v) is 4.48. The summed E-state index contributed by atoms with van der Waals surface area (Å²) in [4.78, 5) is 23.1. The fourth-order valence-corrected chi connectivity index (χ4v) is 2.10. The van der Waals surface area contributed by atoms with Crippen molar-refractivity contribution in [1.82, 2.24) is 25.0 Å². The largest absolute Gasteiger partial charge is 0.446 e. The molecule has 0 unspecified atom stereocenters. The highest BCUT2D eigenvalue weighted by molar-refractivity contribution is 6.34. The maximum Gasteiger partial charge on any atom is 0.296 e. The molecular formula is C11H9ClN6O3. The van der Waals surface area contributed by atoms with Crippen LogP contribution in [-0.4, -0.2) is 30.6 Å². The number of hydrogen-bond acceptors (Lipinski definition) is 7. The van der Waals surface area contributed by atoms with E-state index in [-0.39, 0.29) is 29.2 Å². The molecule has 0 saturated carbocycles. The average Bonchev–Trinajstić information content (AvgIpc) is 3.06. The first-order chi connectivity index (χ1) is 10.1. The number of fused-ring (bicyclic) bond motifs is 1. The number of amides is 1. The number of halogens is 1. The number of hydrogen-bond donors (Lipinski definition) is 3. The van der Waals surface area contributed by atoms with E-state index in [1.165, 1.54) is 5.48 Å². The lowest BCUT2D eigenvalue weighted by atomic mass is 10.4. The summed E-state index contributed by atoms with van der Waals surface area (Å²) in [5.74, 6) is -0.434. The van der Waals surface area contributed by atoms with Gasteiger partial charge in [-0.15, -0.1) is 0 Å². The van der Waals surface area contributed by atoms with Gasteiger partial charge in [0.05, 0.1) is 5.39 Å². The first-order valence-electron chi connectivity index (χ1n) is 5.75. The van der Waals surface area contributed by atoms with Gasteiger partial charge in [0.1, 0.15) is 23.6 Å². The molecular weight excluding hydrogens is 300 g/mol. The smallest absolute Gasteiger partial charge is 0.296 e. The van der Waals surface area contributed by atoms with Gasteiger partial charge in [-0.2, -0.15) is 4.98 Å². The fourth-order valence-electron chi connectivity index (χ4n) is 1.86. The highest BCUT2D eigenvalue weighted by Crippen LogP contribution is 2.22. The Balaban J connectivity index is 1.95. The molecule has 9 nitrogen and oxygen atoms in total. The second-order valence-electron chi connectivity index (χ2n) is 4.12. The van der Waals surface area contributed by atoms with Crippen LogP contribution in [-0.2, 0) is 6.54 Å². The first kappa shape index (κ1) is 13.3. The number of oxazole rings is 1. The van der Waals surface area contributed by atoms with Gasteiger partial charge < -0.3 is 14.7 Å². The van der Waals surface area contributed by atoms with Crippen molar-refractivity contribution >= 4 is 34.5 Å². The Morgan fingerprint density at radius 3 is 3.05 bits per heavy atom. The molecule has 0 aromatic carbocycles. The quantitative estimate of drug-likeness (QED) is 0.370. The summed E-state index contributed by atoms with van der Waals surface area (Å²) in [6.07, 6.45) is 2.86. The maximum absolute atomic E-state index is 11.2. The van der Waals surface area contributed by atoms with Gasteiger partial charge in [0.25, 0.3) is 5.91 Å². The lowest BCUT2D eigenvalue weighted by Crippen LogP contribution is -2.19. The van der Waals surface area contributed by atoms with Gasteiger partial charge in [-0.25, -0.2) is 15.4 Å². The van der Waals surface area contributed by atoms with Crippen molar-refractivity contribution in [1.29, 1.82) is 0 Å². The van der Waals surface area contributed by atoms with E-state index in [4.69, 9.17) is 27.0 Å². The van der Waals surface area contributed by atoms with E-state index in [0.29, 0.717) is 11.0 Å². The molecule has 3 aromatic heterocycles. The molecule has 3 heterocycles. The van der Waals surface area contributed by atoms with Gasteiger partial charge in [-0.1, -0.05) is 11.6 Å². The summed E-state index contributed by atoms with van der Waals surface area (Å²) < 4.78 is 6.86. The Morgan fingerprint density at radius 1 is 1.48 bits per heavy atom. The molecule has 0 aliphatic rings. The van der Waals surface area contributed by atoms with Gasteiger partial charge in [0.2, 0.25) is 11.8 Å². The third-order valence-corrected chi connectivity index (χ3v) is 3.07. The Labute approximate surface area is 122 Å². The number of carbonyl (C=O) groups is 1. The fraction of sp³-hybridized carbons (Fsp3) is 0.0909. The van der Waals surface area contributed by atoms with Gasteiger partial charge in [0.15, 0.2) is 5.69 Å². The Morgan fingerprint density at radius 2 is 2.29 bits per heavy atom. The van der Waals surface area contributed by atoms with Gasteiger partial charge in [0, 0.05) is 6.20 Å². The van der Waals surface area contributed by atoms with Crippen LogP contribution in [0.5, 0.6) is 0 Å². The minimum Gasteiger partial charge on any atom is -0.446 e. The highest BCUT2D eigenvalue weighted by Gasteiger charge is 2.14. The van der Waals surface area contributed by atoms with E-state index in [9.17, 15) is 4.79 Å². The zero-order valence-corrected chi connectivity index (χ0v) is 11.2. The number of carbonyl (C=O) groups excluding carboxylic acids is 1. The number of nitrogens with one attached hydrogen (secondary N) is 1. The van der Waals surface area contributed by atoms with Crippen molar-refractivity contribution in [2.45, 2.75) is 6.54 Å². The number of aromatic nitrogens is 4. The maximum atomic E-state index is 11.2. The number of nitrogen functional groups attached to an aromatic ring is 1. The highest BCUT2D eigenvalue weighted by atomic mass is 35.5. The molecule has 21 heavy (non-hydrogen) atoms. The minimum atomic E-state index is -0.753. The summed E-state index contributed by atoms with van der Waals surface area (Å²) >= 11 is 5.98. The topological polar surface area (TPSA) is 132 Å². The van der Waals surface area contributed by atoms with E-state index in [0.717, 1.165) is 6.26 Å². The zero-order chi connectivity index (χ0) is 15.0.